The number of phenols is 1. The summed E-state index contributed by atoms with van der Waals surface area (Å²) < 4.78 is 6.54. The number of nitrogens with zero attached hydrogens (tertiary/aromatic N) is 1. The van der Waals surface area contributed by atoms with Gasteiger partial charge >= 0.3 is 0 Å². The van der Waals surface area contributed by atoms with Crippen LogP contribution in [-0.4, -0.2) is 10.8 Å². The number of aliphatic imine (C=N–C) groups is 1. The Morgan fingerprint density at radius 1 is 1.08 bits per heavy atom. The predicted octanol–water partition coefficient (Wildman–Crippen LogP) is 3.94. The van der Waals surface area contributed by atoms with Gasteiger partial charge in [-0.3, -0.25) is 0 Å². The molecule has 2 aromatic carbocycles. The molecule has 1 aliphatic heterocycles. The highest BCUT2D eigenvalue weighted by atomic mass is 79.9. The predicted molar refractivity (Wildman–Crippen MR) is 99.5 cm³/mol. The van der Waals surface area contributed by atoms with E-state index in [9.17, 15) is 5.11 Å². The topological polar surface area (TPSA) is 62.3 Å². The van der Waals surface area contributed by atoms with Gasteiger partial charge in [-0.15, -0.1) is 0 Å². The standard InChI is InChI=1S/C20H17BrN2O2/c21-14-8-9-18(24)15(11-14)17-12-16(13-5-2-1-3-6-13)22-20(23-17)19-7-4-10-25-19/h1-11,17,20,23-24H,12H2/p+1/t17-,20+/m0/s1. The van der Waals surface area contributed by atoms with Gasteiger partial charge < -0.3 is 14.8 Å². The number of furan rings is 1. The second-order valence-corrected chi connectivity index (χ2v) is 7.02. The van der Waals surface area contributed by atoms with E-state index in [-0.39, 0.29) is 12.2 Å². The van der Waals surface area contributed by atoms with Crippen molar-refractivity contribution in [3.05, 3.63) is 88.3 Å². The van der Waals surface area contributed by atoms with Crippen LogP contribution in [0.3, 0.4) is 0 Å². The minimum absolute atomic E-state index is 0.0558. The van der Waals surface area contributed by atoms with Crippen LogP contribution in [0, 0.1) is 0 Å². The lowest BCUT2D eigenvalue weighted by atomic mass is 9.94. The van der Waals surface area contributed by atoms with Crippen LogP contribution in [-0.2, 0) is 0 Å². The zero-order valence-electron chi connectivity index (χ0n) is 13.5. The van der Waals surface area contributed by atoms with Crippen LogP contribution in [0.15, 0.2) is 80.8 Å². The Bertz CT molecular complexity index is 891. The van der Waals surface area contributed by atoms with Crippen LogP contribution < -0.4 is 5.32 Å². The summed E-state index contributed by atoms with van der Waals surface area (Å²) in [5.74, 6) is 1.12. The third kappa shape index (κ3) is 3.38. The summed E-state index contributed by atoms with van der Waals surface area (Å²) in [7, 11) is 0. The summed E-state index contributed by atoms with van der Waals surface area (Å²) in [6.07, 6.45) is 2.24. The van der Waals surface area contributed by atoms with Gasteiger partial charge in [0.05, 0.1) is 17.5 Å². The number of rotatable bonds is 3. The van der Waals surface area contributed by atoms with E-state index in [1.807, 2.05) is 42.5 Å². The smallest absolute Gasteiger partial charge is 0.239 e. The number of benzene rings is 2. The van der Waals surface area contributed by atoms with Crippen LogP contribution >= 0.6 is 15.9 Å². The van der Waals surface area contributed by atoms with Crippen LogP contribution in [0.25, 0.3) is 0 Å². The normalized spacial score (nSPS) is 20.3. The molecule has 3 N–H and O–H groups in total. The Kier molecular flexibility index (Phi) is 4.42. The number of nitrogens with two attached hydrogens (primary N) is 1. The molecule has 5 heteroatoms. The van der Waals surface area contributed by atoms with Crippen molar-refractivity contribution in [2.75, 3.05) is 0 Å². The molecule has 3 aromatic rings. The molecule has 2 atom stereocenters. The molecule has 0 aliphatic carbocycles. The van der Waals surface area contributed by atoms with Crippen LogP contribution in [0.5, 0.6) is 5.75 Å². The number of quaternary nitrogens is 1. The Hall–Kier alpha value is -2.37. The molecule has 1 aliphatic rings. The number of halogens is 1. The van der Waals surface area contributed by atoms with Gasteiger partial charge in [0.25, 0.3) is 0 Å². The Morgan fingerprint density at radius 3 is 2.68 bits per heavy atom. The third-order valence-corrected chi connectivity index (χ3v) is 4.95. The first kappa shape index (κ1) is 16.1. The summed E-state index contributed by atoms with van der Waals surface area (Å²) in [4.78, 5) is 4.90. The van der Waals surface area contributed by atoms with Gasteiger partial charge in [0, 0.05) is 10.9 Å². The zero-order chi connectivity index (χ0) is 17.2. The molecule has 4 nitrogen and oxygen atoms in total. The van der Waals surface area contributed by atoms with E-state index in [1.165, 1.54) is 0 Å². The number of hydrogen-bond acceptors (Lipinski definition) is 3. The Balaban J connectivity index is 1.75. The molecule has 0 radical (unpaired) electrons. The van der Waals surface area contributed by atoms with E-state index in [0.717, 1.165) is 33.5 Å². The van der Waals surface area contributed by atoms with Crippen molar-refractivity contribution in [1.29, 1.82) is 0 Å². The molecule has 126 valence electrons. The van der Waals surface area contributed by atoms with E-state index < -0.39 is 0 Å². The maximum absolute atomic E-state index is 10.4. The van der Waals surface area contributed by atoms with E-state index >= 15 is 0 Å². The number of aromatic hydroxyl groups is 1. The molecule has 25 heavy (non-hydrogen) atoms. The molecule has 0 saturated heterocycles. The lowest BCUT2D eigenvalue weighted by Crippen LogP contribution is -2.87. The highest BCUT2D eigenvalue weighted by Crippen LogP contribution is 2.31. The second kappa shape index (κ2) is 6.86. The SMILES string of the molecule is Oc1ccc(Br)cc1[C@@H]1CC(c2ccccc2)=N[C@@H](c2ccco2)[NH2+]1. The fraction of sp³-hybridized carbons (Fsp3) is 0.150. The summed E-state index contributed by atoms with van der Waals surface area (Å²) >= 11 is 3.50. The lowest BCUT2D eigenvalue weighted by Gasteiger charge is -2.26. The monoisotopic (exact) mass is 397 g/mol. The highest BCUT2D eigenvalue weighted by Gasteiger charge is 2.32. The Morgan fingerprint density at radius 2 is 1.92 bits per heavy atom. The molecule has 2 heterocycles. The van der Waals surface area contributed by atoms with Crippen molar-refractivity contribution in [1.82, 2.24) is 0 Å². The molecule has 0 saturated carbocycles. The van der Waals surface area contributed by atoms with Crippen molar-refractivity contribution in [2.45, 2.75) is 18.6 Å². The summed E-state index contributed by atoms with van der Waals surface area (Å²) in [5, 5.41) is 12.5. The summed E-state index contributed by atoms with van der Waals surface area (Å²) in [6, 6.07) is 19.6. The molecule has 0 amide bonds. The van der Waals surface area contributed by atoms with Gasteiger partial charge in [0.15, 0.2) is 5.76 Å². The first-order valence-corrected chi connectivity index (χ1v) is 8.99. The van der Waals surface area contributed by atoms with Crippen molar-refractivity contribution in [3.63, 3.8) is 0 Å². The van der Waals surface area contributed by atoms with Crippen molar-refractivity contribution in [3.8, 4) is 5.75 Å². The van der Waals surface area contributed by atoms with E-state index in [2.05, 4.69) is 33.4 Å². The van der Waals surface area contributed by atoms with Gasteiger partial charge in [-0.2, -0.15) is 0 Å². The third-order valence-electron chi connectivity index (χ3n) is 4.45. The minimum atomic E-state index is -0.165. The second-order valence-electron chi connectivity index (χ2n) is 6.11. The highest BCUT2D eigenvalue weighted by molar-refractivity contribution is 9.10. The summed E-state index contributed by atoms with van der Waals surface area (Å²) in [6.45, 7) is 0. The van der Waals surface area contributed by atoms with Gasteiger partial charge in [-0.05, 0) is 35.9 Å². The fourth-order valence-corrected chi connectivity index (χ4v) is 3.62. The molecular weight excluding hydrogens is 380 g/mol. The lowest BCUT2D eigenvalue weighted by molar-refractivity contribution is -0.736. The zero-order valence-corrected chi connectivity index (χ0v) is 15.1. The maximum atomic E-state index is 10.4. The van der Waals surface area contributed by atoms with Crippen LogP contribution in [0.1, 0.15) is 35.5 Å². The molecular formula is C20H18BrN2O2+. The number of phenolic OH excluding ortho intramolecular Hbond substituents is 1. The van der Waals surface area contributed by atoms with Gasteiger partial charge in [-0.25, -0.2) is 4.99 Å². The quantitative estimate of drug-likeness (QED) is 0.702. The van der Waals surface area contributed by atoms with Crippen molar-refractivity contribution >= 4 is 21.6 Å². The van der Waals surface area contributed by atoms with Crippen molar-refractivity contribution < 1.29 is 14.8 Å². The van der Waals surface area contributed by atoms with Crippen LogP contribution in [0.4, 0.5) is 0 Å². The molecule has 0 spiro atoms. The van der Waals surface area contributed by atoms with Crippen molar-refractivity contribution in [2.24, 2.45) is 4.99 Å². The molecule has 1 aromatic heterocycles. The molecule has 0 fully saturated rings. The largest absolute Gasteiger partial charge is 0.507 e. The van der Waals surface area contributed by atoms with Gasteiger partial charge in [0.1, 0.15) is 11.8 Å². The van der Waals surface area contributed by atoms with Gasteiger partial charge in [-0.1, -0.05) is 46.3 Å². The average Bonchev–Trinajstić information content (AvgIpc) is 3.19. The van der Waals surface area contributed by atoms with Crippen LogP contribution in [0.2, 0.25) is 0 Å². The number of hydrogen-bond donors (Lipinski definition) is 2. The Labute approximate surface area is 154 Å². The summed E-state index contributed by atoms with van der Waals surface area (Å²) in [5.41, 5.74) is 3.02. The van der Waals surface area contributed by atoms with E-state index in [4.69, 9.17) is 9.41 Å². The first-order chi connectivity index (χ1) is 12.2. The molecule has 4 rings (SSSR count). The van der Waals surface area contributed by atoms with Gasteiger partial charge in [0.2, 0.25) is 6.17 Å². The van der Waals surface area contributed by atoms with E-state index in [1.54, 1.807) is 12.3 Å². The minimum Gasteiger partial charge on any atom is -0.507 e. The molecule has 0 unspecified atom stereocenters. The first-order valence-electron chi connectivity index (χ1n) is 8.19. The molecule has 0 bridgehead atoms. The fourth-order valence-electron chi connectivity index (χ4n) is 3.24. The maximum Gasteiger partial charge on any atom is 0.239 e. The average molecular weight is 398 g/mol. The van der Waals surface area contributed by atoms with E-state index in [0.29, 0.717) is 5.75 Å².